The Kier molecular flexibility index (Phi) is 9.95. The molecule has 4 aliphatic rings. The van der Waals surface area contributed by atoms with Gasteiger partial charge in [0.2, 0.25) is 17.3 Å². The summed E-state index contributed by atoms with van der Waals surface area (Å²) in [4.78, 5) is 123. The molecule has 6 aromatic rings. The number of benzene rings is 6. The van der Waals surface area contributed by atoms with E-state index in [2.05, 4.69) is 38.5 Å². The first-order valence-electron chi connectivity index (χ1n) is 20.4. The Morgan fingerprint density at radius 3 is 0.879 bits per heavy atom. The van der Waals surface area contributed by atoms with Crippen LogP contribution >= 0.6 is 22.6 Å². The van der Waals surface area contributed by atoms with Gasteiger partial charge < -0.3 is 16.0 Å². The molecule has 3 N–H and O–H groups in total. The molecule has 0 spiro atoms. The van der Waals surface area contributed by atoms with E-state index in [9.17, 15) is 43.2 Å². The zero-order valence-electron chi connectivity index (χ0n) is 34.7. The molecule has 318 valence electrons. The monoisotopic (exact) mass is 979 g/mol. The SMILES string of the molecule is Cc1ccc2c(c1)C(=O)c1ccc(N/C=C3\C(=O)C(=CNc4ccc5c(c4)C(=O)c4ccc(I)cc4C5=O)C(=O)/C(=C/Nc4ccc5c(c4)C(=O)c4ccc(C)cc4C5=O)C3=O)cc1C2=O. The van der Waals surface area contributed by atoms with Crippen LogP contribution in [0.4, 0.5) is 17.1 Å². The number of fused-ring (bicyclic) bond motifs is 6. The third-order valence-electron chi connectivity index (χ3n) is 11.9. The zero-order valence-corrected chi connectivity index (χ0v) is 36.8. The van der Waals surface area contributed by atoms with Crippen molar-refractivity contribution in [2.75, 3.05) is 16.0 Å². The summed E-state index contributed by atoms with van der Waals surface area (Å²) in [5.74, 6) is -4.99. The summed E-state index contributed by atoms with van der Waals surface area (Å²) in [5, 5.41) is 8.68. The van der Waals surface area contributed by atoms with Crippen LogP contribution in [-0.2, 0) is 14.4 Å². The predicted molar refractivity (Wildman–Crippen MR) is 252 cm³/mol. The van der Waals surface area contributed by atoms with Gasteiger partial charge >= 0.3 is 0 Å². The third kappa shape index (κ3) is 6.79. The Bertz CT molecular complexity index is 3110. The van der Waals surface area contributed by atoms with Gasteiger partial charge in [0.15, 0.2) is 34.7 Å². The van der Waals surface area contributed by atoms with Crippen molar-refractivity contribution in [2.45, 2.75) is 13.8 Å². The fourth-order valence-electron chi connectivity index (χ4n) is 8.52. The maximum Gasteiger partial charge on any atom is 0.203 e. The maximum absolute atomic E-state index is 14.2. The van der Waals surface area contributed by atoms with Crippen LogP contribution in [0.5, 0.6) is 0 Å². The van der Waals surface area contributed by atoms with Crippen molar-refractivity contribution in [1.82, 2.24) is 0 Å². The van der Waals surface area contributed by atoms with E-state index in [0.29, 0.717) is 11.1 Å². The number of Topliss-reactive ketones (excluding diaryl/α,β-unsaturated/α-hetero) is 3. The van der Waals surface area contributed by atoms with Gasteiger partial charge in [0, 0.05) is 106 Å². The van der Waals surface area contributed by atoms with Crippen LogP contribution in [0.2, 0.25) is 0 Å². The summed E-state index contributed by atoms with van der Waals surface area (Å²) < 4.78 is 0.791. The molecule has 0 heterocycles. The Hall–Kier alpha value is -8.30. The van der Waals surface area contributed by atoms with Crippen LogP contribution < -0.4 is 16.0 Å². The van der Waals surface area contributed by atoms with Crippen molar-refractivity contribution in [3.05, 3.63) is 226 Å². The number of hydrogen-bond donors (Lipinski definition) is 3. The molecule has 6 aromatic carbocycles. The fraction of sp³-hybridized carbons (Fsp3) is 0.0377. The highest BCUT2D eigenvalue weighted by molar-refractivity contribution is 14.1. The normalized spacial score (nSPS) is 16.8. The molecule has 0 radical (unpaired) electrons. The molecule has 12 nitrogen and oxygen atoms in total. The molecule has 0 aromatic heterocycles. The topological polar surface area (TPSA) is 190 Å². The number of carbonyl (C=O) groups is 9. The molecule has 4 aliphatic carbocycles. The molecule has 1 fully saturated rings. The molecule has 10 rings (SSSR count). The molecule has 0 saturated heterocycles. The number of aryl methyl sites for hydroxylation is 2. The number of halogens is 1. The average Bonchev–Trinajstić information content (AvgIpc) is 3.31. The van der Waals surface area contributed by atoms with Gasteiger partial charge in [-0.1, -0.05) is 35.4 Å². The summed E-state index contributed by atoms with van der Waals surface area (Å²) in [6.45, 7) is 3.64. The first-order chi connectivity index (χ1) is 31.7. The first-order valence-corrected chi connectivity index (χ1v) is 21.5. The lowest BCUT2D eigenvalue weighted by Gasteiger charge is -2.20. The van der Waals surface area contributed by atoms with E-state index < -0.39 is 34.1 Å². The van der Waals surface area contributed by atoms with Crippen molar-refractivity contribution >= 4 is 91.7 Å². The van der Waals surface area contributed by atoms with Crippen molar-refractivity contribution in [3.8, 4) is 0 Å². The second-order valence-corrected chi connectivity index (χ2v) is 17.4. The summed E-state index contributed by atoms with van der Waals surface area (Å²) >= 11 is 2.06. The minimum Gasteiger partial charge on any atom is -0.361 e. The van der Waals surface area contributed by atoms with Gasteiger partial charge in [-0.15, -0.1) is 0 Å². The van der Waals surface area contributed by atoms with Crippen LogP contribution in [0.15, 0.2) is 145 Å². The van der Waals surface area contributed by atoms with E-state index in [-0.39, 0.29) is 107 Å². The molecule has 0 bridgehead atoms. The lowest BCUT2D eigenvalue weighted by atomic mass is 9.83. The highest BCUT2D eigenvalue weighted by Crippen LogP contribution is 2.34. The number of hydrogen-bond acceptors (Lipinski definition) is 12. The number of carbonyl (C=O) groups excluding carboxylic acids is 9. The quantitative estimate of drug-likeness (QED) is 0.0824. The Morgan fingerprint density at radius 2 is 0.561 bits per heavy atom. The molecule has 0 aliphatic heterocycles. The standard InChI is InChI=1S/C53H30IN3O9/c1-24-3-9-30-36(15-24)45(58)33-12-6-27(18-39(33)48(30)61)55-21-42-51(64)43(22-56-28-7-13-34-40(19-28)49(62)31-10-4-25(2)16-37(31)46(34)59)53(66)44(52(42)65)23-57-29-8-14-35-41(20-29)50(63)32-11-5-26(54)17-38(32)47(35)60/h3-23,55-57H,1-2H3/b42-21-,43-22+,44-23?. The zero-order chi connectivity index (χ0) is 46.3. The number of rotatable bonds is 6. The largest absolute Gasteiger partial charge is 0.361 e. The average molecular weight is 980 g/mol. The number of nitrogens with one attached hydrogen (secondary N) is 3. The molecule has 0 amide bonds. The predicted octanol–water partition coefficient (Wildman–Crippen LogP) is 8.24. The molecule has 0 atom stereocenters. The van der Waals surface area contributed by atoms with Crippen LogP contribution in [-0.4, -0.2) is 52.0 Å². The highest BCUT2D eigenvalue weighted by Gasteiger charge is 2.39. The van der Waals surface area contributed by atoms with E-state index in [1.807, 2.05) is 13.8 Å². The van der Waals surface area contributed by atoms with Gasteiger partial charge in [0.1, 0.15) is 0 Å². The van der Waals surface area contributed by atoms with Crippen molar-refractivity contribution in [2.24, 2.45) is 0 Å². The van der Waals surface area contributed by atoms with E-state index in [4.69, 9.17) is 0 Å². The highest BCUT2D eigenvalue weighted by atomic mass is 127. The van der Waals surface area contributed by atoms with E-state index in [1.165, 1.54) is 54.6 Å². The Balaban J connectivity index is 0.990. The van der Waals surface area contributed by atoms with E-state index in [0.717, 1.165) is 33.3 Å². The molecule has 1 saturated carbocycles. The van der Waals surface area contributed by atoms with Gasteiger partial charge in [0.25, 0.3) is 0 Å². The fourth-order valence-corrected chi connectivity index (χ4v) is 9.02. The van der Waals surface area contributed by atoms with Gasteiger partial charge in [-0.05, 0) is 121 Å². The minimum absolute atomic E-state index is 0.121. The summed E-state index contributed by atoms with van der Waals surface area (Å²) in [7, 11) is 0. The van der Waals surface area contributed by atoms with Gasteiger partial charge in [-0.3, -0.25) is 43.2 Å². The van der Waals surface area contributed by atoms with Crippen LogP contribution in [0, 0.1) is 17.4 Å². The number of allylic oxidation sites excluding steroid dienone is 3. The van der Waals surface area contributed by atoms with Crippen LogP contribution in [0.1, 0.15) is 107 Å². The summed E-state index contributed by atoms with van der Waals surface area (Å²) in [5.41, 5.74) is 3.60. The first kappa shape index (κ1) is 41.7. The molecular formula is C53H30IN3O9. The Morgan fingerprint density at radius 1 is 0.303 bits per heavy atom. The van der Waals surface area contributed by atoms with E-state index >= 15 is 0 Å². The third-order valence-corrected chi connectivity index (χ3v) is 12.6. The lowest BCUT2D eigenvalue weighted by Crippen LogP contribution is -2.33. The van der Waals surface area contributed by atoms with Crippen LogP contribution in [0.3, 0.4) is 0 Å². The number of ketones is 9. The van der Waals surface area contributed by atoms with Gasteiger partial charge in [-0.2, -0.15) is 0 Å². The minimum atomic E-state index is -0.963. The maximum atomic E-state index is 14.2. The second kappa shape index (κ2) is 15.7. The van der Waals surface area contributed by atoms with Gasteiger partial charge in [0.05, 0.1) is 16.7 Å². The molecule has 0 unspecified atom stereocenters. The second-order valence-electron chi connectivity index (χ2n) is 16.1. The smallest absolute Gasteiger partial charge is 0.203 e. The Labute approximate surface area is 388 Å². The summed E-state index contributed by atoms with van der Waals surface area (Å²) in [6.07, 6.45) is 3.32. The molecule has 13 heteroatoms. The van der Waals surface area contributed by atoms with Crippen LogP contribution in [0.25, 0.3) is 0 Å². The number of anilines is 3. The van der Waals surface area contributed by atoms with Gasteiger partial charge in [-0.25, -0.2) is 0 Å². The van der Waals surface area contributed by atoms with E-state index in [1.54, 1.807) is 54.6 Å². The van der Waals surface area contributed by atoms with Crippen molar-refractivity contribution < 1.29 is 43.2 Å². The molecular weight excluding hydrogens is 949 g/mol. The summed E-state index contributed by atoms with van der Waals surface area (Å²) in [6, 6.07) is 28.3. The van der Waals surface area contributed by atoms with Crippen molar-refractivity contribution in [1.29, 1.82) is 0 Å². The molecule has 66 heavy (non-hydrogen) atoms. The van der Waals surface area contributed by atoms with Crippen molar-refractivity contribution in [3.63, 3.8) is 0 Å². The lowest BCUT2D eigenvalue weighted by molar-refractivity contribution is -0.124.